The van der Waals surface area contributed by atoms with E-state index >= 15 is 0 Å². The van der Waals surface area contributed by atoms with E-state index in [0.29, 0.717) is 11.5 Å². The first-order valence-corrected chi connectivity index (χ1v) is 5.73. The second-order valence-corrected chi connectivity index (χ2v) is 3.93. The van der Waals surface area contributed by atoms with Crippen molar-refractivity contribution >= 4 is 28.6 Å². The molecule has 19 heavy (non-hydrogen) atoms. The van der Waals surface area contributed by atoms with Crippen LogP contribution in [0.15, 0.2) is 48.9 Å². The van der Waals surface area contributed by atoms with Gasteiger partial charge in [-0.15, -0.1) is 0 Å². The molecule has 0 atom stereocenters. The molecule has 2 aromatic heterocycles. The number of pyridine rings is 1. The maximum Gasteiger partial charge on any atom is 0.324 e. The first-order chi connectivity index (χ1) is 9.31. The van der Waals surface area contributed by atoms with Gasteiger partial charge in [-0.25, -0.2) is 14.8 Å². The minimum absolute atomic E-state index is 0.336. The van der Waals surface area contributed by atoms with Crippen LogP contribution in [0.1, 0.15) is 0 Å². The fraction of sp³-hybridized carbons (Fsp3) is 0. The molecule has 0 aliphatic rings. The minimum Gasteiger partial charge on any atom is -0.345 e. The molecule has 94 valence electrons. The van der Waals surface area contributed by atoms with Gasteiger partial charge in [0.1, 0.15) is 5.82 Å². The third-order valence-corrected chi connectivity index (χ3v) is 2.58. The summed E-state index contributed by atoms with van der Waals surface area (Å²) in [7, 11) is 0. The smallest absolute Gasteiger partial charge is 0.324 e. The summed E-state index contributed by atoms with van der Waals surface area (Å²) in [6.45, 7) is 0. The molecular weight excluding hydrogens is 242 g/mol. The van der Waals surface area contributed by atoms with Crippen LogP contribution >= 0.6 is 0 Å². The molecular formula is C13H11N5O. The van der Waals surface area contributed by atoms with E-state index in [1.165, 1.54) is 0 Å². The van der Waals surface area contributed by atoms with Crippen LogP contribution < -0.4 is 10.6 Å². The Morgan fingerprint density at radius 1 is 1.11 bits per heavy atom. The van der Waals surface area contributed by atoms with Crippen LogP contribution in [0.5, 0.6) is 0 Å². The molecule has 0 bridgehead atoms. The zero-order valence-electron chi connectivity index (χ0n) is 9.92. The molecule has 0 unspecified atom stereocenters. The van der Waals surface area contributed by atoms with Crippen LogP contribution in [0.2, 0.25) is 0 Å². The van der Waals surface area contributed by atoms with Crippen LogP contribution in [0.3, 0.4) is 0 Å². The standard InChI is InChI=1S/C13H11N5O/c19-13(18-12-3-1-2-6-14-12)17-9-4-5-10-11(7-9)16-8-15-10/h1-8H,(H,15,16)(H2,14,17,18,19). The van der Waals surface area contributed by atoms with Gasteiger partial charge in [0.25, 0.3) is 0 Å². The van der Waals surface area contributed by atoms with E-state index in [9.17, 15) is 4.79 Å². The van der Waals surface area contributed by atoms with Crippen LogP contribution in [0, 0.1) is 0 Å². The number of rotatable bonds is 2. The summed E-state index contributed by atoms with van der Waals surface area (Å²) in [5.74, 6) is 0.502. The van der Waals surface area contributed by atoms with E-state index in [-0.39, 0.29) is 6.03 Å². The molecule has 0 radical (unpaired) electrons. The molecule has 0 fully saturated rings. The number of imidazole rings is 1. The zero-order chi connectivity index (χ0) is 13.1. The van der Waals surface area contributed by atoms with Crippen molar-refractivity contribution in [2.45, 2.75) is 0 Å². The fourth-order valence-electron chi connectivity index (χ4n) is 1.73. The number of carbonyl (C=O) groups is 1. The van der Waals surface area contributed by atoms with Crippen molar-refractivity contribution in [1.29, 1.82) is 0 Å². The Hall–Kier alpha value is -2.89. The van der Waals surface area contributed by atoms with Gasteiger partial charge in [0, 0.05) is 11.9 Å². The summed E-state index contributed by atoms with van der Waals surface area (Å²) in [6.07, 6.45) is 3.23. The summed E-state index contributed by atoms with van der Waals surface area (Å²) in [5, 5.41) is 5.38. The predicted octanol–water partition coefficient (Wildman–Crippen LogP) is 2.60. The average Bonchev–Trinajstić information content (AvgIpc) is 2.87. The number of carbonyl (C=O) groups excluding carboxylic acids is 1. The zero-order valence-corrected chi connectivity index (χ0v) is 9.92. The van der Waals surface area contributed by atoms with Crippen molar-refractivity contribution in [3.63, 3.8) is 0 Å². The highest BCUT2D eigenvalue weighted by Crippen LogP contribution is 2.15. The second-order valence-electron chi connectivity index (χ2n) is 3.93. The first kappa shape index (κ1) is 11.2. The molecule has 0 aliphatic carbocycles. The van der Waals surface area contributed by atoms with Crippen molar-refractivity contribution in [3.05, 3.63) is 48.9 Å². The van der Waals surface area contributed by atoms with Gasteiger partial charge in [0.15, 0.2) is 0 Å². The summed E-state index contributed by atoms with van der Waals surface area (Å²) < 4.78 is 0. The Kier molecular flexibility index (Phi) is 2.82. The summed E-state index contributed by atoms with van der Waals surface area (Å²) >= 11 is 0. The number of anilines is 2. The molecule has 1 aromatic carbocycles. The van der Waals surface area contributed by atoms with Crippen molar-refractivity contribution in [2.24, 2.45) is 0 Å². The molecule has 0 aliphatic heterocycles. The van der Waals surface area contributed by atoms with E-state index in [1.54, 1.807) is 36.8 Å². The third kappa shape index (κ3) is 2.52. The Bertz CT molecular complexity index is 707. The van der Waals surface area contributed by atoms with Crippen LogP contribution in [0.25, 0.3) is 11.0 Å². The maximum absolute atomic E-state index is 11.8. The van der Waals surface area contributed by atoms with Gasteiger partial charge >= 0.3 is 6.03 Å². The second kappa shape index (κ2) is 4.77. The highest BCUT2D eigenvalue weighted by molar-refractivity contribution is 6.00. The number of urea groups is 1. The van der Waals surface area contributed by atoms with Gasteiger partial charge in [0.2, 0.25) is 0 Å². The molecule has 3 rings (SSSR count). The van der Waals surface area contributed by atoms with Gasteiger partial charge in [0.05, 0.1) is 17.4 Å². The average molecular weight is 253 g/mol. The normalized spacial score (nSPS) is 10.3. The Morgan fingerprint density at radius 2 is 2.05 bits per heavy atom. The molecule has 6 nitrogen and oxygen atoms in total. The molecule has 3 aromatic rings. The number of nitrogens with zero attached hydrogens (tertiary/aromatic N) is 2. The highest BCUT2D eigenvalue weighted by Gasteiger charge is 2.04. The molecule has 2 amide bonds. The van der Waals surface area contributed by atoms with Crippen LogP contribution in [-0.4, -0.2) is 21.0 Å². The molecule has 3 N–H and O–H groups in total. The largest absolute Gasteiger partial charge is 0.345 e. The Balaban J connectivity index is 1.72. The Morgan fingerprint density at radius 3 is 2.89 bits per heavy atom. The van der Waals surface area contributed by atoms with Gasteiger partial charge in [-0.1, -0.05) is 6.07 Å². The molecule has 2 heterocycles. The van der Waals surface area contributed by atoms with Crippen LogP contribution in [0.4, 0.5) is 16.3 Å². The quantitative estimate of drug-likeness (QED) is 0.656. The molecule has 0 spiro atoms. The van der Waals surface area contributed by atoms with E-state index in [2.05, 4.69) is 25.6 Å². The van der Waals surface area contributed by atoms with E-state index < -0.39 is 0 Å². The first-order valence-electron chi connectivity index (χ1n) is 5.73. The Labute approximate surface area is 108 Å². The number of nitrogens with one attached hydrogen (secondary N) is 3. The van der Waals surface area contributed by atoms with Crippen molar-refractivity contribution in [1.82, 2.24) is 15.0 Å². The number of benzene rings is 1. The highest BCUT2D eigenvalue weighted by atomic mass is 16.2. The van der Waals surface area contributed by atoms with Crippen molar-refractivity contribution < 1.29 is 4.79 Å². The van der Waals surface area contributed by atoms with Gasteiger partial charge in [-0.3, -0.25) is 5.32 Å². The minimum atomic E-state index is -0.336. The van der Waals surface area contributed by atoms with Crippen molar-refractivity contribution in [3.8, 4) is 0 Å². The SMILES string of the molecule is O=C(Nc1ccc2nc[nH]c2c1)Nc1ccccn1. The monoisotopic (exact) mass is 253 g/mol. The molecule has 6 heteroatoms. The van der Waals surface area contributed by atoms with Gasteiger partial charge in [-0.2, -0.15) is 0 Å². The van der Waals surface area contributed by atoms with E-state index in [0.717, 1.165) is 11.0 Å². The number of aromatic amines is 1. The lowest BCUT2D eigenvalue weighted by Crippen LogP contribution is -2.19. The molecule has 0 saturated carbocycles. The predicted molar refractivity (Wildman–Crippen MR) is 73.0 cm³/mol. The lowest BCUT2D eigenvalue weighted by atomic mass is 10.3. The lowest BCUT2D eigenvalue weighted by Gasteiger charge is -2.06. The van der Waals surface area contributed by atoms with Crippen molar-refractivity contribution in [2.75, 3.05) is 10.6 Å². The third-order valence-electron chi connectivity index (χ3n) is 2.58. The van der Waals surface area contributed by atoms with Crippen LogP contribution in [-0.2, 0) is 0 Å². The number of H-pyrrole nitrogens is 1. The fourth-order valence-corrected chi connectivity index (χ4v) is 1.73. The number of hydrogen-bond acceptors (Lipinski definition) is 3. The summed E-state index contributed by atoms with van der Waals surface area (Å²) in [6, 6.07) is 10.4. The number of aromatic nitrogens is 3. The number of fused-ring (bicyclic) bond motifs is 1. The van der Waals surface area contributed by atoms with E-state index in [1.807, 2.05) is 12.1 Å². The van der Waals surface area contributed by atoms with E-state index in [4.69, 9.17) is 0 Å². The summed E-state index contributed by atoms with van der Waals surface area (Å²) in [4.78, 5) is 22.9. The molecule has 0 saturated heterocycles. The number of amides is 2. The van der Waals surface area contributed by atoms with Gasteiger partial charge < -0.3 is 10.3 Å². The summed E-state index contributed by atoms with van der Waals surface area (Å²) in [5.41, 5.74) is 2.41. The van der Waals surface area contributed by atoms with Gasteiger partial charge in [-0.05, 0) is 30.3 Å². The maximum atomic E-state index is 11.8. The number of hydrogen-bond donors (Lipinski definition) is 3. The lowest BCUT2D eigenvalue weighted by molar-refractivity contribution is 0.262. The topological polar surface area (TPSA) is 82.7 Å².